The van der Waals surface area contributed by atoms with E-state index in [1.54, 1.807) is 0 Å². The number of nitrogens with one attached hydrogen (secondary N) is 1. The summed E-state index contributed by atoms with van der Waals surface area (Å²) in [5, 5.41) is 13.2. The van der Waals surface area contributed by atoms with Crippen LogP contribution >= 0.6 is 0 Å². The molecule has 1 aromatic carbocycles. The number of non-ortho nitro benzene ring substituents is 1. The van der Waals surface area contributed by atoms with E-state index in [4.69, 9.17) is 5.73 Å². The molecule has 0 radical (unpaired) electrons. The molecule has 1 aliphatic rings. The zero-order valence-corrected chi connectivity index (χ0v) is 7.81. The lowest BCUT2D eigenvalue weighted by molar-refractivity contribution is -0.385. The van der Waals surface area contributed by atoms with E-state index in [0.717, 1.165) is 12.5 Å². The van der Waals surface area contributed by atoms with Crippen molar-refractivity contribution in [2.45, 2.75) is 18.5 Å². The molecule has 0 aliphatic heterocycles. The first-order valence-corrected chi connectivity index (χ1v) is 4.54. The third-order valence-electron chi connectivity index (χ3n) is 2.34. The molecule has 1 aromatic rings. The number of rotatable bonds is 3. The Hall–Kier alpha value is -1.69. The topological polar surface area (TPSA) is 81.2 Å². The minimum absolute atomic E-state index is 0.0552. The summed E-state index contributed by atoms with van der Waals surface area (Å²) in [5.74, 6) is -0.622. The van der Waals surface area contributed by atoms with E-state index >= 15 is 0 Å². The van der Waals surface area contributed by atoms with Gasteiger partial charge in [-0.05, 0) is 12.5 Å². The second kappa shape index (κ2) is 3.47. The summed E-state index contributed by atoms with van der Waals surface area (Å²) >= 11 is 0. The van der Waals surface area contributed by atoms with Crippen molar-refractivity contribution in [2.75, 3.05) is 5.32 Å². The highest BCUT2D eigenvalue weighted by Crippen LogP contribution is 2.27. The molecule has 0 amide bonds. The molecule has 2 unspecified atom stereocenters. The fraction of sp³-hybridized carbons (Fsp3) is 0.333. The van der Waals surface area contributed by atoms with Crippen LogP contribution in [0.25, 0.3) is 0 Å². The Bertz CT molecular complexity index is 410. The molecular formula is C9H10FN3O2. The van der Waals surface area contributed by atoms with Crippen LogP contribution in [0, 0.1) is 15.9 Å². The molecule has 80 valence electrons. The predicted molar refractivity (Wildman–Crippen MR) is 53.1 cm³/mol. The van der Waals surface area contributed by atoms with Gasteiger partial charge in [0, 0.05) is 18.2 Å². The second-order valence-electron chi connectivity index (χ2n) is 3.57. The monoisotopic (exact) mass is 211 g/mol. The van der Waals surface area contributed by atoms with Gasteiger partial charge in [0.25, 0.3) is 5.69 Å². The summed E-state index contributed by atoms with van der Waals surface area (Å²) in [6.07, 6.45) is 0.802. The Balaban J connectivity index is 2.15. The molecule has 0 bridgehead atoms. The quantitative estimate of drug-likeness (QED) is 0.582. The van der Waals surface area contributed by atoms with E-state index in [1.165, 1.54) is 12.1 Å². The average molecular weight is 211 g/mol. The molecule has 6 heteroatoms. The first-order valence-electron chi connectivity index (χ1n) is 4.54. The van der Waals surface area contributed by atoms with E-state index < -0.39 is 10.7 Å². The molecule has 2 atom stereocenters. The van der Waals surface area contributed by atoms with Crippen LogP contribution in [0.4, 0.5) is 15.8 Å². The van der Waals surface area contributed by atoms with Crippen LogP contribution in [-0.4, -0.2) is 17.0 Å². The Morgan fingerprint density at radius 1 is 1.60 bits per heavy atom. The molecule has 1 aliphatic carbocycles. The maximum absolute atomic E-state index is 13.3. The van der Waals surface area contributed by atoms with Crippen LogP contribution in [0.2, 0.25) is 0 Å². The van der Waals surface area contributed by atoms with Crippen LogP contribution in [0.15, 0.2) is 18.2 Å². The van der Waals surface area contributed by atoms with Crippen molar-refractivity contribution >= 4 is 11.4 Å². The lowest BCUT2D eigenvalue weighted by atomic mass is 10.2. The van der Waals surface area contributed by atoms with Crippen molar-refractivity contribution in [3.63, 3.8) is 0 Å². The van der Waals surface area contributed by atoms with E-state index in [0.29, 0.717) is 0 Å². The highest BCUT2D eigenvalue weighted by Gasteiger charge is 2.33. The van der Waals surface area contributed by atoms with Crippen molar-refractivity contribution in [1.29, 1.82) is 0 Å². The molecule has 0 saturated heterocycles. The molecule has 15 heavy (non-hydrogen) atoms. The van der Waals surface area contributed by atoms with Gasteiger partial charge < -0.3 is 11.1 Å². The number of halogens is 1. The summed E-state index contributed by atoms with van der Waals surface area (Å²) in [4.78, 5) is 9.72. The average Bonchev–Trinajstić information content (AvgIpc) is 2.85. The predicted octanol–water partition coefficient (Wildman–Crippen LogP) is 1.25. The van der Waals surface area contributed by atoms with Crippen LogP contribution in [-0.2, 0) is 0 Å². The molecule has 0 spiro atoms. The van der Waals surface area contributed by atoms with Crippen LogP contribution in [0.3, 0.4) is 0 Å². The van der Waals surface area contributed by atoms with Gasteiger partial charge in [-0.1, -0.05) is 0 Å². The third-order valence-corrected chi connectivity index (χ3v) is 2.34. The van der Waals surface area contributed by atoms with Gasteiger partial charge >= 0.3 is 0 Å². The van der Waals surface area contributed by atoms with Gasteiger partial charge in [0.2, 0.25) is 0 Å². The van der Waals surface area contributed by atoms with E-state index in [1.807, 2.05) is 0 Å². The third kappa shape index (κ3) is 2.04. The Kier molecular flexibility index (Phi) is 2.28. The summed E-state index contributed by atoms with van der Waals surface area (Å²) in [7, 11) is 0. The first kappa shape index (κ1) is 9.85. The number of benzene rings is 1. The molecule has 2 rings (SSSR count). The van der Waals surface area contributed by atoms with Gasteiger partial charge in [0.1, 0.15) is 0 Å². The Morgan fingerprint density at radius 2 is 2.27 bits per heavy atom. The number of hydrogen-bond acceptors (Lipinski definition) is 4. The van der Waals surface area contributed by atoms with Crippen LogP contribution < -0.4 is 11.1 Å². The van der Waals surface area contributed by atoms with Crippen molar-refractivity contribution in [2.24, 2.45) is 5.73 Å². The van der Waals surface area contributed by atoms with Gasteiger partial charge in [-0.3, -0.25) is 10.1 Å². The maximum Gasteiger partial charge on any atom is 0.272 e. The Morgan fingerprint density at radius 3 is 2.73 bits per heavy atom. The van der Waals surface area contributed by atoms with Crippen LogP contribution in [0.1, 0.15) is 6.42 Å². The Labute approximate surface area is 85.2 Å². The molecule has 0 aromatic heterocycles. The molecular weight excluding hydrogens is 201 g/mol. The van der Waals surface area contributed by atoms with E-state index in [-0.39, 0.29) is 23.5 Å². The number of nitrogens with zero attached hydrogens (tertiary/aromatic N) is 1. The zero-order chi connectivity index (χ0) is 11.0. The number of hydrogen-bond donors (Lipinski definition) is 2. The summed E-state index contributed by atoms with van der Waals surface area (Å²) in [5.41, 5.74) is 5.56. The second-order valence-corrected chi connectivity index (χ2v) is 3.57. The summed E-state index contributed by atoms with van der Waals surface area (Å²) in [6, 6.07) is 3.66. The van der Waals surface area contributed by atoms with Crippen molar-refractivity contribution in [1.82, 2.24) is 0 Å². The van der Waals surface area contributed by atoms with E-state index in [9.17, 15) is 14.5 Å². The van der Waals surface area contributed by atoms with Crippen molar-refractivity contribution in [3.8, 4) is 0 Å². The minimum Gasteiger partial charge on any atom is -0.378 e. The molecule has 1 fully saturated rings. The summed E-state index contributed by atoms with van der Waals surface area (Å²) < 4.78 is 13.3. The molecule has 1 saturated carbocycles. The molecule has 5 nitrogen and oxygen atoms in total. The highest BCUT2D eigenvalue weighted by molar-refractivity contribution is 5.51. The SMILES string of the molecule is NC1CC1Nc1ccc([N+](=O)[O-])cc1F. The lowest BCUT2D eigenvalue weighted by Gasteiger charge is -2.05. The normalized spacial score (nSPS) is 23.6. The largest absolute Gasteiger partial charge is 0.378 e. The first-order chi connectivity index (χ1) is 7.08. The maximum atomic E-state index is 13.3. The highest BCUT2D eigenvalue weighted by atomic mass is 19.1. The fourth-order valence-electron chi connectivity index (χ4n) is 1.31. The van der Waals surface area contributed by atoms with Gasteiger partial charge in [0.15, 0.2) is 5.82 Å². The van der Waals surface area contributed by atoms with Crippen molar-refractivity contribution in [3.05, 3.63) is 34.1 Å². The number of nitro groups is 1. The van der Waals surface area contributed by atoms with E-state index in [2.05, 4.69) is 5.32 Å². The molecule has 0 heterocycles. The fourth-order valence-corrected chi connectivity index (χ4v) is 1.31. The zero-order valence-electron chi connectivity index (χ0n) is 7.81. The van der Waals surface area contributed by atoms with Gasteiger partial charge in [-0.2, -0.15) is 0 Å². The van der Waals surface area contributed by atoms with Gasteiger partial charge in [0.05, 0.1) is 16.7 Å². The smallest absolute Gasteiger partial charge is 0.272 e. The summed E-state index contributed by atoms with van der Waals surface area (Å²) in [6.45, 7) is 0. The van der Waals surface area contributed by atoms with Gasteiger partial charge in [-0.15, -0.1) is 0 Å². The minimum atomic E-state index is -0.629. The number of anilines is 1. The lowest BCUT2D eigenvalue weighted by Crippen LogP contribution is -2.13. The van der Waals surface area contributed by atoms with Crippen LogP contribution in [0.5, 0.6) is 0 Å². The number of nitrogens with two attached hydrogens (primary N) is 1. The number of nitro benzene ring substituents is 1. The standard InChI is InChI=1S/C9H10FN3O2/c10-6-3-5(13(14)15)1-2-8(6)12-9-4-7(9)11/h1-3,7,9,12H,4,11H2. The van der Waals surface area contributed by atoms with Gasteiger partial charge in [-0.25, -0.2) is 4.39 Å². The van der Waals surface area contributed by atoms with Crippen molar-refractivity contribution < 1.29 is 9.31 Å². The molecule has 3 N–H and O–H groups in total.